The lowest BCUT2D eigenvalue weighted by atomic mass is 10.3. The molecule has 0 aromatic rings. The van der Waals surface area contributed by atoms with Gasteiger partial charge in [0.05, 0.1) is 0 Å². The van der Waals surface area contributed by atoms with Gasteiger partial charge >= 0.3 is 10.3 Å². The molecule has 5 heteroatoms. The zero-order chi connectivity index (χ0) is 8.04. The van der Waals surface area contributed by atoms with Crippen LogP contribution in [-0.4, -0.2) is 13.0 Å². The summed E-state index contributed by atoms with van der Waals surface area (Å²) in [6.07, 6.45) is 2.57. The van der Waals surface area contributed by atoms with E-state index in [0.717, 1.165) is 12.8 Å². The van der Waals surface area contributed by atoms with E-state index in [0.29, 0.717) is 6.42 Å². The van der Waals surface area contributed by atoms with Crippen LogP contribution in [0, 0.1) is 6.54 Å². The van der Waals surface area contributed by atoms with Gasteiger partial charge in [-0.15, -0.1) is 0 Å². The van der Waals surface area contributed by atoms with E-state index in [2.05, 4.69) is 0 Å². The van der Waals surface area contributed by atoms with Crippen molar-refractivity contribution in [3.05, 3.63) is 6.54 Å². The Kier molecular flexibility index (Phi) is 4.59. The summed E-state index contributed by atoms with van der Waals surface area (Å²) in [4.78, 5) is 0. The third-order valence-corrected chi connectivity index (χ3v) is 1.40. The van der Waals surface area contributed by atoms with Crippen molar-refractivity contribution in [3.8, 4) is 0 Å². The van der Waals surface area contributed by atoms with Crippen LogP contribution < -0.4 is 4.72 Å². The van der Waals surface area contributed by atoms with Crippen molar-refractivity contribution >= 4 is 10.3 Å². The van der Waals surface area contributed by atoms with E-state index in [1.54, 1.807) is 0 Å². The first-order valence-electron chi connectivity index (χ1n) is 3.12. The van der Waals surface area contributed by atoms with E-state index in [9.17, 15) is 8.42 Å². The maximum absolute atomic E-state index is 10.0. The van der Waals surface area contributed by atoms with Gasteiger partial charge in [-0.25, -0.2) is 0 Å². The lowest BCUT2D eigenvalue weighted by Crippen LogP contribution is -2.19. The van der Waals surface area contributed by atoms with Crippen LogP contribution >= 0.6 is 0 Å². The topological polar surface area (TPSA) is 66.4 Å². The van der Waals surface area contributed by atoms with Gasteiger partial charge in [-0.2, -0.15) is 13.1 Å². The molecule has 4 nitrogen and oxygen atoms in total. The SMILES string of the molecule is CCCC[CH]NS(=O)(=O)O. The van der Waals surface area contributed by atoms with Gasteiger partial charge in [-0.3, -0.25) is 4.55 Å². The summed E-state index contributed by atoms with van der Waals surface area (Å²) < 4.78 is 30.0. The highest BCUT2D eigenvalue weighted by atomic mass is 32.2. The Labute approximate surface area is 61.5 Å². The van der Waals surface area contributed by atoms with Crippen LogP contribution in [0.2, 0.25) is 0 Å². The minimum atomic E-state index is -4.01. The van der Waals surface area contributed by atoms with Crippen LogP contribution in [0.25, 0.3) is 0 Å². The van der Waals surface area contributed by atoms with Gasteiger partial charge in [0.2, 0.25) is 0 Å². The largest absolute Gasteiger partial charge is 0.333 e. The van der Waals surface area contributed by atoms with Gasteiger partial charge < -0.3 is 0 Å². The van der Waals surface area contributed by atoms with Crippen LogP contribution in [-0.2, 0) is 10.3 Å². The van der Waals surface area contributed by atoms with Crippen molar-refractivity contribution in [3.63, 3.8) is 0 Å². The van der Waals surface area contributed by atoms with Gasteiger partial charge in [0, 0.05) is 6.54 Å². The second-order valence-corrected chi connectivity index (χ2v) is 3.13. The van der Waals surface area contributed by atoms with Crippen molar-refractivity contribution in [1.82, 2.24) is 4.72 Å². The molecule has 0 heterocycles. The molecule has 0 spiro atoms. The van der Waals surface area contributed by atoms with Crippen LogP contribution in [0.5, 0.6) is 0 Å². The number of rotatable bonds is 5. The lowest BCUT2D eigenvalue weighted by molar-refractivity contribution is 0.472. The number of nitrogens with one attached hydrogen (secondary N) is 1. The summed E-state index contributed by atoms with van der Waals surface area (Å²) in [6, 6.07) is 0. The fraction of sp³-hybridized carbons (Fsp3) is 0.800. The first-order chi connectivity index (χ1) is 4.56. The molecule has 10 heavy (non-hydrogen) atoms. The third kappa shape index (κ3) is 7.87. The summed E-state index contributed by atoms with van der Waals surface area (Å²) in [7, 11) is -4.01. The van der Waals surface area contributed by atoms with Crippen molar-refractivity contribution in [1.29, 1.82) is 0 Å². The Hall–Kier alpha value is -0.130. The van der Waals surface area contributed by atoms with E-state index in [-0.39, 0.29) is 0 Å². The fourth-order valence-corrected chi connectivity index (χ4v) is 0.799. The molecule has 0 aromatic heterocycles. The summed E-state index contributed by atoms with van der Waals surface area (Å²) in [5, 5.41) is 0. The summed E-state index contributed by atoms with van der Waals surface area (Å²) in [6.45, 7) is 3.33. The molecule has 0 saturated heterocycles. The molecule has 0 aliphatic heterocycles. The smallest absolute Gasteiger partial charge is 0.273 e. The molecule has 0 fully saturated rings. The molecule has 0 rings (SSSR count). The van der Waals surface area contributed by atoms with Crippen LogP contribution in [0.15, 0.2) is 0 Å². The van der Waals surface area contributed by atoms with Gasteiger partial charge in [0.25, 0.3) is 0 Å². The normalized spacial score (nSPS) is 11.8. The van der Waals surface area contributed by atoms with Gasteiger partial charge in [0.15, 0.2) is 0 Å². The Morgan fingerprint density at radius 1 is 1.60 bits per heavy atom. The van der Waals surface area contributed by atoms with Crippen molar-refractivity contribution < 1.29 is 13.0 Å². The summed E-state index contributed by atoms with van der Waals surface area (Å²) in [5.41, 5.74) is 0. The summed E-state index contributed by atoms with van der Waals surface area (Å²) >= 11 is 0. The Morgan fingerprint density at radius 3 is 2.60 bits per heavy atom. The third-order valence-electron chi connectivity index (χ3n) is 0.934. The zero-order valence-corrected chi connectivity index (χ0v) is 6.69. The second kappa shape index (κ2) is 4.65. The van der Waals surface area contributed by atoms with E-state index in [1.165, 1.54) is 6.54 Å². The fourth-order valence-electron chi connectivity index (χ4n) is 0.470. The molecule has 2 N–H and O–H groups in total. The van der Waals surface area contributed by atoms with Crippen LogP contribution in [0.3, 0.4) is 0 Å². The molecule has 0 aliphatic carbocycles. The molecule has 1 radical (unpaired) electrons. The number of hydrogen-bond acceptors (Lipinski definition) is 2. The number of hydrogen-bond donors (Lipinski definition) is 2. The standard InChI is InChI=1S/C5H12NO3S/c1-2-3-4-5-6-10(7,8)9/h5-6H,2-4H2,1H3,(H,7,8,9). The molecule has 0 atom stereocenters. The minimum absolute atomic E-state index is 0.649. The molecular formula is C5H12NO3S. The monoisotopic (exact) mass is 166 g/mol. The first-order valence-corrected chi connectivity index (χ1v) is 4.56. The molecule has 0 aromatic carbocycles. The first kappa shape index (κ1) is 9.87. The Bertz CT molecular complexity index is 164. The van der Waals surface area contributed by atoms with Crippen molar-refractivity contribution in [2.75, 3.05) is 0 Å². The molecule has 0 saturated carbocycles. The Morgan fingerprint density at radius 2 is 2.20 bits per heavy atom. The lowest BCUT2D eigenvalue weighted by Gasteiger charge is -1.97. The van der Waals surface area contributed by atoms with Gasteiger partial charge in [-0.05, 0) is 6.42 Å². The van der Waals surface area contributed by atoms with Crippen LogP contribution in [0.4, 0.5) is 0 Å². The molecule has 0 unspecified atom stereocenters. The molecule has 0 amide bonds. The maximum Gasteiger partial charge on any atom is 0.333 e. The summed E-state index contributed by atoms with van der Waals surface area (Å²) in [5.74, 6) is 0. The van der Waals surface area contributed by atoms with E-state index in [1.807, 2.05) is 11.6 Å². The highest BCUT2D eigenvalue weighted by Crippen LogP contribution is 1.95. The van der Waals surface area contributed by atoms with Gasteiger partial charge in [0.1, 0.15) is 0 Å². The van der Waals surface area contributed by atoms with Crippen molar-refractivity contribution in [2.24, 2.45) is 0 Å². The predicted molar refractivity (Wildman–Crippen MR) is 38.5 cm³/mol. The van der Waals surface area contributed by atoms with E-state index < -0.39 is 10.3 Å². The van der Waals surface area contributed by atoms with Gasteiger partial charge in [-0.1, -0.05) is 19.8 Å². The average molecular weight is 166 g/mol. The van der Waals surface area contributed by atoms with Crippen LogP contribution in [0.1, 0.15) is 26.2 Å². The highest BCUT2D eigenvalue weighted by Gasteiger charge is 1.99. The average Bonchev–Trinajstić information content (AvgIpc) is 1.78. The van der Waals surface area contributed by atoms with E-state index in [4.69, 9.17) is 4.55 Å². The highest BCUT2D eigenvalue weighted by molar-refractivity contribution is 7.83. The number of unbranched alkanes of at least 4 members (excludes halogenated alkanes) is 2. The molecule has 0 aliphatic rings. The maximum atomic E-state index is 10.0. The zero-order valence-electron chi connectivity index (χ0n) is 5.87. The predicted octanol–water partition coefficient (Wildman–Crippen LogP) is 0.731. The second-order valence-electron chi connectivity index (χ2n) is 1.94. The Balaban J connectivity index is 3.21. The quantitative estimate of drug-likeness (QED) is 0.467. The molecular weight excluding hydrogens is 154 g/mol. The molecule has 61 valence electrons. The minimum Gasteiger partial charge on any atom is -0.273 e. The molecule has 0 bridgehead atoms. The van der Waals surface area contributed by atoms with Crippen molar-refractivity contribution in [2.45, 2.75) is 26.2 Å². The van der Waals surface area contributed by atoms with E-state index >= 15 is 0 Å².